The van der Waals surface area contributed by atoms with Crippen LogP contribution in [0.1, 0.15) is 70.1 Å². The van der Waals surface area contributed by atoms with Gasteiger partial charge in [0.1, 0.15) is 5.82 Å². The van der Waals surface area contributed by atoms with Gasteiger partial charge in [-0.15, -0.1) is 0 Å². The maximum absolute atomic E-state index is 7.69. The van der Waals surface area contributed by atoms with Crippen LogP contribution in [0.25, 0.3) is 0 Å². The predicted molar refractivity (Wildman–Crippen MR) is 127 cm³/mol. The Morgan fingerprint density at radius 3 is 2.45 bits per heavy atom. The molecule has 2 saturated carbocycles. The van der Waals surface area contributed by atoms with E-state index in [2.05, 4.69) is 59.7 Å². The fourth-order valence-corrected chi connectivity index (χ4v) is 4.15. The molecule has 0 amide bonds. The molecule has 0 radical (unpaired) electrons. The SMILES string of the molecule is C#N.CC(C)C.N=Cc1cnc(C2CC23CC3)cc1Nc1ccnc(N2CCCC2)c1. The Morgan fingerprint density at radius 1 is 1.19 bits per heavy atom. The molecule has 3 fully saturated rings. The molecule has 1 spiro atoms. The molecule has 2 aromatic rings. The van der Waals surface area contributed by atoms with E-state index in [4.69, 9.17) is 10.7 Å². The van der Waals surface area contributed by atoms with Crippen molar-refractivity contribution in [1.82, 2.24) is 9.97 Å². The number of nitrogens with zero attached hydrogens (tertiary/aromatic N) is 4. The minimum absolute atomic E-state index is 0.593. The van der Waals surface area contributed by atoms with Crippen molar-refractivity contribution in [1.29, 1.82) is 10.7 Å². The fourth-order valence-electron chi connectivity index (χ4n) is 4.15. The summed E-state index contributed by atoms with van der Waals surface area (Å²) in [6, 6.07) is 6.25. The minimum atomic E-state index is 0.593. The summed E-state index contributed by atoms with van der Waals surface area (Å²) in [5.41, 5.74) is 4.60. The van der Waals surface area contributed by atoms with E-state index < -0.39 is 0 Å². The lowest BCUT2D eigenvalue weighted by Gasteiger charge is -2.18. The molecule has 1 atom stereocenters. The first-order chi connectivity index (χ1) is 15.0. The lowest BCUT2D eigenvalue weighted by molar-refractivity contribution is 0.737. The van der Waals surface area contributed by atoms with E-state index in [1.165, 1.54) is 44.0 Å². The van der Waals surface area contributed by atoms with Gasteiger partial charge < -0.3 is 15.6 Å². The van der Waals surface area contributed by atoms with E-state index in [0.29, 0.717) is 11.3 Å². The van der Waals surface area contributed by atoms with Gasteiger partial charge in [0.15, 0.2) is 0 Å². The average Bonchev–Trinajstić information content (AvgIpc) is 3.64. The van der Waals surface area contributed by atoms with Gasteiger partial charge in [-0.25, -0.2) is 10.2 Å². The summed E-state index contributed by atoms with van der Waals surface area (Å²) in [7, 11) is 0. The Hall–Kier alpha value is -2.94. The zero-order chi connectivity index (χ0) is 22.4. The van der Waals surface area contributed by atoms with Gasteiger partial charge in [-0.2, -0.15) is 0 Å². The van der Waals surface area contributed by atoms with Gasteiger partial charge in [0.05, 0.1) is 5.69 Å². The average molecular weight is 419 g/mol. The third-order valence-electron chi connectivity index (χ3n) is 6.00. The highest BCUT2D eigenvalue weighted by molar-refractivity contribution is 5.87. The summed E-state index contributed by atoms with van der Waals surface area (Å²) in [4.78, 5) is 11.5. The van der Waals surface area contributed by atoms with Gasteiger partial charge in [0, 0.05) is 67.2 Å². The van der Waals surface area contributed by atoms with Gasteiger partial charge in [-0.3, -0.25) is 4.98 Å². The first kappa shape index (κ1) is 22.7. The summed E-state index contributed by atoms with van der Waals surface area (Å²) in [5.74, 6) is 2.50. The van der Waals surface area contributed by atoms with Crippen LogP contribution in [-0.2, 0) is 0 Å². The van der Waals surface area contributed by atoms with Crippen molar-refractivity contribution in [2.75, 3.05) is 23.3 Å². The van der Waals surface area contributed by atoms with Crippen LogP contribution in [0.15, 0.2) is 30.6 Å². The lowest BCUT2D eigenvalue weighted by Crippen LogP contribution is -2.18. The molecule has 0 bridgehead atoms. The molecule has 1 saturated heterocycles. The van der Waals surface area contributed by atoms with Crippen LogP contribution >= 0.6 is 0 Å². The van der Waals surface area contributed by atoms with E-state index in [1.54, 1.807) is 0 Å². The molecule has 3 aliphatic rings. The Morgan fingerprint density at radius 2 is 1.87 bits per heavy atom. The summed E-state index contributed by atoms with van der Waals surface area (Å²) in [6.45, 7) is 12.2. The van der Waals surface area contributed by atoms with Crippen LogP contribution in [0.4, 0.5) is 17.2 Å². The van der Waals surface area contributed by atoms with E-state index >= 15 is 0 Å². The van der Waals surface area contributed by atoms with E-state index in [0.717, 1.165) is 41.8 Å². The van der Waals surface area contributed by atoms with Crippen molar-refractivity contribution in [2.24, 2.45) is 11.3 Å². The zero-order valence-corrected chi connectivity index (χ0v) is 18.9. The Balaban J connectivity index is 0.000000411. The second kappa shape index (κ2) is 9.91. The maximum Gasteiger partial charge on any atom is 0.130 e. The number of hydrogen-bond donors (Lipinski definition) is 2. The number of anilines is 3. The Bertz CT molecular complexity index is 906. The van der Waals surface area contributed by atoms with Crippen LogP contribution < -0.4 is 10.2 Å². The number of aromatic nitrogens is 2. The number of rotatable bonds is 5. The first-order valence-electron chi connectivity index (χ1n) is 11.2. The highest BCUT2D eigenvalue weighted by Gasteiger charge is 2.63. The van der Waals surface area contributed by atoms with Crippen LogP contribution in [0.5, 0.6) is 0 Å². The largest absolute Gasteiger partial charge is 0.357 e. The Kier molecular flexibility index (Phi) is 7.27. The number of nitrogens with one attached hydrogen (secondary N) is 2. The van der Waals surface area contributed by atoms with Crippen molar-refractivity contribution in [2.45, 2.75) is 58.8 Å². The smallest absolute Gasteiger partial charge is 0.130 e. The summed E-state index contributed by atoms with van der Waals surface area (Å²) >= 11 is 0. The zero-order valence-electron chi connectivity index (χ0n) is 18.9. The quantitative estimate of drug-likeness (QED) is 0.591. The maximum atomic E-state index is 7.69. The molecule has 5 rings (SSSR count). The van der Waals surface area contributed by atoms with Crippen molar-refractivity contribution < 1.29 is 0 Å². The summed E-state index contributed by atoms with van der Waals surface area (Å²) < 4.78 is 0. The third kappa shape index (κ3) is 5.61. The molecule has 2 N–H and O–H groups in total. The van der Waals surface area contributed by atoms with E-state index in [1.807, 2.05) is 18.5 Å². The third-order valence-corrected chi connectivity index (χ3v) is 6.00. The topological polar surface area (TPSA) is 88.7 Å². The number of pyridine rings is 2. The number of nitriles is 1. The summed E-state index contributed by atoms with van der Waals surface area (Å²) in [6.07, 6.45) is 11.6. The van der Waals surface area contributed by atoms with E-state index in [-0.39, 0.29) is 0 Å². The lowest BCUT2D eigenvalue weighted by atomic mass is 10.1. The number of hydrogen-bond acceptors (Lipinski definition) is 6. The van der Waals surface area contributed by atoms with Crippen LogP contribution in [0.2, 0.25) is 0 Å². The minimum Gasteiger partial charge on any atom is -0.357 e. The molecule has 31 heavy (non-hydrogen) atoms. The monoisotopic (exact) mass is 418 g/mol. The molecule has 6 heteroatoms. The van der Waals surface area contributed by atoms with Gasteiger partial charge in [0.25, 0.3) is 0 Å². The van der Waals surface area contributed by atoms with Gasteiger partial charge in [-0.05, 0) is 55.6 Å². The molecule has 1 aliphatic heterocycles. The Labute approximate surface area is 186 Å². The second-order valence-corrected chi connectivity index (χ2v) is 9.41. The normalized spacial score (nSPS) is 19.7. The van der Waals surface area contributed by atoms with Crippen molar-refractivity contribution in [3.63, 3.8) is 0 Å². The molecule has 3 heterocycles. The van der Waals surface area contributed by atoms with Crippen LogP contribution in [-0.4, -0.2) is 29.3 Å². The molecule has 6 nitrogen and oxygen atoms in total. The molecular weight excluding hydrogens is 384 g/mol. The molecule has 164 valence electrons. The fraction of sp³-hybridized carbons (Fsp3) is 0.520. The summed E-state index contributed by atoms with van der Waals surface area (Å²) in [5, 5.41) is 17.7. The molecule has 0 aromatic carbocycles. The van der Waals surface area contributed by atoms with Gasteiger partial charge in [-0.1, -0.05) is 20.8 Å². The van der Waals surface area contributed by atoms with Crippen molar-refractivity contribution >= 4 is 23.4 Å². The first-order valence-corrected chi connectivity index (χ1v) is 11.2. The molecule has 2 aromatic heterocycles. The van der Waals surface area contributed by atoms with Gasteiger partial charge in [0.2, 0.25) is 0 Å². The van der Waals surface area contributed by atoms with Crippen LogP contribution in [0, 0.1) is 28.6 Å². The molecule has 2 aliphatic carbocycles. The predicted octanol–water partition coefficient (Wildman–Crippen LogP) is 5.89. The van der Waals surface area contributed by atoms with Crippen molar-refractivity contribution in [3.8, 4) is 6.57 Å². The highest BCUT2D eigenvalue weighted by atomic mass is 15.2. The molecular formula is C25H34N6. The second-order valence-electron chi connectivity index (χ2n) is 9.41. The van der Waals surface area contributed by atoms with Gasteiger partial charge >= 0.3 is 0 Å². The van der Waals surface area contributed by atoms with E-state index in [9.17, 15) is 0 Å². The molecule has 1 unspecified atom stereocenters. The highest BCUT2D eigenvalue weighted by Crippen LogP contribution is 2.74. The van der Waals surface area contributed by atoms with Crippen molar-refractivity contribution in [3.05, 3.63) is 41.9 Å². The van der Waals surface area contributed by atoms with Crippen LogP contribution in [0.3, 0.4) is 0 Å². The standard InChI is InChI=1S/C20H23N5.C4H10.CHN/c21-12-14-13-23-18(16-11-20(16)4-5-20)10-17(14)24-15-3-6-22-19(9-15)25-7-1-2-8-25;1-4(2)3;1-2/h3,6,9-10,12-13,16,21H,1-2,4-5,7-8,11H2,(H,22,23,24);4H,1-3H3;1H.